The summed E-state index contributed by atoms with van der Waals surface area (Å²) >= 11 is 2.33. The minimum absolute atomic E-state index is 0.0202. The van der Waals surface area contributed by atoms with E-state index >= 15 is 0 Å². The standard InChI is InChI=1S/C37H77IO6Si4/c1-19-48(20-2,21-3)39-27-25-28-22-23-29-31(40-28)33(43-46(15,16)36(7,8)9)34(44-47(17,18)37(10,11)12)32(41-29)30(24-26-38)42-45(13,14)35(4,5)6/h24,26,28-34H,19-23,25,27H2,1-18H3/b26-24+/t28?,29?,30?,31-,32-,33?,34+/m0/s1. The van der Waals surface area contributed by atoms with Crippen molar-refractivity contribution in [2.45, 2.75) is 218 Å². The van der Waals surface area contributed by atoms with E-state index in [0.717, 1.165) is 25.9 Å². The minimum atomic E-state index is -2.28. The molecule has 0 amide bonds. The van der Waals surface area contributed by atoms with E-state index in [-0.39, 0.29) is 57.8 Å². The molecule has 0 aliphatic carbocycles. The van der Waals surface area contributed by atoms with Gasteiger partial charge in [-0.3, -0.25) is 0 Å². The van der Waals surface area contributed by atoms with Crippen molar-refractivity contribution in [2.75, 3.05) is 6.61 Å². The highest BCUT2D eigenvalue weighted by molar-refractivity contribution is 14.1. The summed E-state index contributed by atoms with van der Waals surface area (Å²) in [6, 6.07) is 3.51. The maximum atomic E-state index is 7.54. The molecule has 2 fully saturated rings. The van der Waals surface area contributed by atoms with Gasteiger partial charge in [-0.2, -0.15) is 0 Å². The maximum absolute atomic E-state index is 7.54. The van der Waals surface area contributed by atoms with E-state index in [4.69, 9.17) is 27.2 Å². The van der Waals surface area contributed by atoms with Gasteiger partial charge in [-0.1, -0.05) is 106 Å². The Kier molecular flexibility index (Phi) is 16.1. The molecule has 2 aliphatic heterocycles. The lowest BCUT2D eigenvalue weighted by molar-refractivity contribution is -0.267. The molecule has 284 valence electrons. The number of ether oxygens (including phenoxy) is 2. The highest BCUT2D eigenvalue weighted by Gasteiger charge is 2.57. The smallest absolute Gasteiger partial charge is 0.193 e. The molecule has 2 rings (SSSR count). The van der Waals surface area contributed by atoms with Crippen molar-refractivity contribution in [3.05, 3.63) is 10.2 Å². The maximum Gasteiger partial charge on any atom is 0.193 e. The van der Waals surface area contributed by atoms with Gasteiger partial charge in [0.1, 0.15) is 24.4 Å². The summed E-state index contributed by atoms with van der Waals surface area (Å²) in [5.74, 6) is 0. The Balaban J connectivity index is 2.65. The molecule has 2 aliphatic rings. The molecule has 0 N–H and O–H groups in total. The van der Waals surface area contributed by atoms with E-state index in [1.54, 1.807) is 0 Å². The van der Waals surface area contributed by atoms with Crippen LogP contribution in [0.3, 0.4) is 0 Å². The van der Waals surface area contributed by atoms with Gasteiger partial charge >= 0.3 is 0 Å². The zero-order valence-electron chi connectivity index (χ0n) is 34.5. The number of hydrogen-bond donors (Lipinski definition) is 0. The molecule has 0 aromatic carbocycles. The molecule has 11 heteroatoms. The fourth-order valence-corrected chi connectivity index (χ4v) is 13.0. The lowest BCUT2D eigenvalue weighted by Gasteiger charge is -2.56. The van der Waals surface area contributed by atoms with Crippen LogP contribution in [-0.4, -0.2) is 82.6 Å². The molecule has 4 unspecified atom stereocenters. The van der Waals surface area contributed by atoms with Crippen LogP contribution in [0.1, 0.15) is 102 Å². The summed E-state index contributed by atoms with van der Waals surface area (Å²) in [6.07, 6.45) is 3.74. The number of rotatable bonds is 15. The van der Waals surface area contributed by atoms with E-state index in [2.05, 4.69) is 155 Å². The molecule has 48 heavy (non-hydrogen) atoms. The van der Waals surface area contributed by atoms with Crippen LogP contribution in [0.5, 0.6) is 0 Å². The summed E-state index contributed by atoms with van der Waals surface area (Å²) in [4.78, 5) is 0. The third-order valence-electron chi connectivity index (χ3n) is 12.9. The SMILES string of the molecule is CC[Si](CC)(CC)OCCC1CCC2O[C@@H](C(/C=C/I)O[Si](C)(C)C(C)(C)C)[C@@H](O[Si](C)(C)C(C)(C)C)C(O[Si](C)(C)C(C)(C)C)[C@H]2O1. The molecular weight excluding hydrogens is 780 g/mol. The molecule has 7 atom stereocenters. The second-order valence-corrected chi connectivity index (χ2v) is 38.9. The van der Waals surface area contributed by atoms with Gasteiger partial charge < -0.3 is 27.2 Å². The van der Waals surface area contributed by atoms with E-state index in [1.165, 1.54) is 18.1 Å². The Hall–Kier alpha value is 1.10. The quantitative estimate of drug-likeness (QED) is 0.121. The largest absolute Gasteiger partial charge is 0.417 e. The zero-order chi connectivity index (χ0) is 37.1. The Morgan fingerprint density at radius 1 is 0.708 bits per heavy atom. The molecule has 0 saturated carbocycles. The summed E-state index contributed by atoms with van der Waals surface area (Å²) in [7, 11) is -8.34. The molecule has 0 radical (unpaired) electrons. The lowest BCUT2D eigenvalue weighted by Crippen LogP contribution is -2.69. The molecule has 2 heterocycles. The molecule has 0 bridgehead atoms. The minimum Gasteiger partial charge on any atom is -0.417 e. The second kappa shape index (κ2) is 17.1. The van der Waals surface area contributed by atoms with Crippen molar-refractivity contribution in [1.82, 2.24) is 0 Å². The molecule has 0 aromatic rings. The van der Waals surface area contributed by atoms with Crippen molar-refractivity contribution in [1.29, 1.82) is 0 Å². The summed E-state index contributed by atoms with van der Waals surface area (Å²) in [6.45, 7) is 42.6. The van der Waals surface area contributed by atoms with Crippen LogP contribution in [0.2, 0.25) is 72.5 Å². The van der Waals surface area contributed by atoms with E-state index < -0.39 is 33.3 Å². The third-order valence-corrected chi connectivity index (χ3v) is 31.4. The van der Waals surface area contributed by atoms with Gasteiger partial charge in [-0.05, 0) is 102 Å². The molecular formula is C37H77IO6Si4. The summed E-state index contributed by atoms with van der Waals surface area (Å²) in [5, 5.41) is 0.116. The van der Waals surface area contributed by atoms with Crippen molar-refractivity contribution in [3.63, 3.8) is 0 Å². The zero-order valence-corrected chi connectivity index (χ0v) is 40.6. The Morgan fingerprint density at radius 3 is 1.62 bits per heavy atom. The first-order valence-electron chi connectivity index (χ1n) is 19.0. The predicted octanol–water partition coefficient (Wildman–Crippen LogP) is 11.8. The van der Waals surface area contributed by atoms with Gasteiger partial charge in [0.2, 0.25) is 0 Å². The Labute approximate surface area is 315 Å². The van der Waals surface area contributed by atoms with Crippen LogP contribution < -0.4 is 0 Å². The number of fused-ring (bicyclic) bond motifs is 1. The first-order valence-corrected chi connectivity index (χ1v) is 31.5. The summed E-state index contributed by atoms with van der Waals surface area (Å²) < 4.78 is 45.5. The third kappa shape index (κ3) is 11.1. The number of halogens is 1. The highest BCUT2D eigenvalue weighted by atomic mass is 127. The van der Waals surface area contributed by atoms with Crippen LogP contribution >= 0.6 is 22.6 Å². The van der Waals surface area contributed by atoms with Crippen LogP contribution in [0.4, 0.5) is 0 Å². The van der Waals surface area contributed by atoms with Gasteiger partial charge in [0.05, 0.1) is 18.3 Å². The monoisotopic (exact) mass is 856 g/mol. The van der Waals surface area contributed by atoms with E-state index in [1.807, 2.05) is 0 Å². The van der Waals surface area contributed by atoms with Crippen molar-refractivity contribution in [2.24, 2.45) is 0 Å². The van der Waals surface area contributed by atoms with E-state index in [9.17, 15) is 0 Å². The molecule has 0 spiro atoms. The average molecular weight is 857 g/mol. The van der Waals surface area contributed by atoms with Gasteiger partial charge in [0.15, 0.2) is 33.3 Å². The van der Waals surface area contributed by atoms with Crippen molar-refractivity contribution in [3.8, 4) is 0 Å². The fourth-order valence-electron chi connectivity index (χ4n) is 6.03. The average Bonchev–Trinajstić information content (AvgIpc) is 2.94. The van der Waals surface area contributed by atoms with Crippen molar-refractivity contribution < 1.29 is 27.2 Å². The van der Waals surface area contributed by atoms with E-state index in [0.29, 0.717) is 0 Å². The Bertz CT molecular complexity index is 1020. The van der Waals surface area contributed by atoms with Crippen LogP contribution in [-0.2, 0) is 27.2 Å². The Morgan fingerprint density at radius 2 is 1.19 bits per heavy atom. The van der Waals surface area contributed by atoms with Crippen LogP contribution in [0.15, 0.2) is 10.2 Å². The van der Waals surface area contributed by atoms with Gasteiger partial charge in [-0.25, -0.2) is 0 Å². The normalized spacial score (nSPS) is 27.7. The molecule has 2 saturated heterocycles. The first-order chi connectivity index (χ1) is 21.7. The molecule has 6 nitrogen and oxygen atoms in total. The lowest BCUT2D eigenvalue weighted by atomic mass is 9.87. The summed E-state index contributed by atoms with van der Waals surface area (Å²) in [5.41, 5.74) is 0. The van der Waals surface area contributed by atoms with Crippen molar-refractivity contribution >= 4 is 55.9 Å². The molecule has 0 aromatic heterocycles. The fraction of sp³-hybridized carbons (Fsp3) is 0.946. The second-order valence-electron chi connectivity index (χ2n) is 19.2. The first kappa shape index (κ1) is 45.3. The van der Waals surface area contributed by atoms with Gasteiger partial charge in [0, 0.05) is 6.61 Å². The topological polar surface area (TPSA) is 55.4 Å². The van der Waals surface area contributed by atoms with Gasteiger partial charge in [-0.15, -0.1) is 0 Å². The van der Waals surface area contributed by atoms with Crippen LogP contribution in [0.25, 0.3) is 0 Å². The number of hydrogen-bond acceptors (Lipinski definition) is 6. The van der Waals surface area contributed by atoms with Crippen LogP contribution in [0, 0.1) is 0 Å². The predicted molar refractivity (Wildman–Crippen MR) is 224 cm³/mol. The van der Waals surface area contributed by atoms with Gasteiger partial charge in [0.25, 0.3) is 0 Å². The highest BCUT2D eigenvalue weighted by Crippen LogP contribution is 2.47.